The van der Waals surface area contributed by atoms with E-state index in [2.05, 4.69) is 16.0 Å². The summed E-state index contributed by atoms with van der Waals surface area (Å²) in [6.45, 7) is 4.97. The Hall–Kier alpha value is -2.20. The van der Waals surface area contributed by atoms with E-state index in [-0.39, 0.29) is 12.5 Å². The van der Waals surface area contributed by atoms with Gasteiger partial charge in [0.2, 0.25) is 17.7 Å². The summed E-state index contributed by atoms with van der Waals surface area (Å²) < 4.78 is 0. The molecule has 0 bridgehead atoms. The van der Waals surface area contributed by atoms with Crippen LogP contribution < -0.4 is 27.4 Å². The minimum Gasteiger partial charge on any atom is -0.480 e. The number of nitrogens with two attached hydrogens (primary N) is 2. The molecule has 0 aliphatic rings. The Labute approximate surface area is 153 Å². The number of carboxylic acid groups (broad SMARTS) is 1. The zero-order valence-corrected chi connectivity index (χ0v) is 15.6. The lowest BCUT2D eigenvalue weighted by atomic mass is 10.0. The predicted molar refractivity (Wildman–Crippen MR) is 95.9 cm³/mol. The van der Waals surface area contributed by atoms with E-state index in [1.807, 2.05) is 0 Å². The van der Waals surface area contributed by atoms with Crippen LogP contribution in [0.3, 0.4) is 0 Å². The van der Waals surface area contributed by atoms with Crippen molar-refractivity contribution >= 4 is 23.7 Å². The van der Waals surface area contributed by atoms with Crippen LogP contribution in [0.15, 0.2) is 0 Å². The summed E-state index contributed by atoms with van der Waals surface area (Å²) >= 11 is 0. The molecule has 150 valence electrons. The van der Waals surface area contributed by atoms with Crippen molar-refractivity contribution in [1.29, 1.82) is 0 Å². The standard InChI is InChI=1S/C16H31N5O5/c1-9(2)13(15(24)19-10(3)16(25)26)21-14(23)11(6-4-5-7-17)20-12(22)8-18/h9-11,13H,4-8,17-18H2,1-3H3,(H,19,24)(H,20,22)(H,21,23)(H,25,26). The van der Waals surface area contributed by atoms with E-state index in [1.54, 1.807) is 13.8 Å². The number of carboxylic acids is 1. The molecule has 3 amide bonds. The first kappa shape index (κ1) is 23.8. The summed E-state index contributed by atoms with van der Waals surface area (Å²) in [5, 5.41) is 16.3. The third-order valence-electron chi connectivity index (χ3n) is 3.76. The Morgan fingerprint density at radius 3 is 2.00 bits per heavy atom. The average Bonchev–Trinajstić information content (AvgIpc) is 2.57. The van der Waals surface area contributed by atoms with Gasteiger partial charge in [0.05, 0.1) is 6.54 Å². The molecule has 0 rings (SSSR count). The highest BCUT2D eigenvalue weighted by Gasteiger charge is 2.29. The summed E-state index contributed by atoms with van der Waals surface area (Å²) in [7, 11) is 0. The lowest BCUT2D eigenvalue weighted by Crippen LogP contribution is -2.57. The molecule has 10 heteroatoms. The molecular formula is C16H31N5O5. The van der Waals surface area contributed by atoms with Crippen molar-refractivity contribution in [2.45, 2.75) is 58.2 Å². The van der Waals surface area contributed by atoms with E-state index in [0.29, 0.717) is 25.8 Å². The molecule has 3 unspecified atom stereocenters. The van der Waals surface area contributed by atoms with Crippen LogP contribution in [0.25, 0.3) is 0 Å². The van der Waals surface area contributed by atoms with Crippen molar-refractivity contribution in [2.75, 3.05) is 13.1 Å². The summed E-state index contributed by atoms with van der Waals surface area (Å²) in [6, 6.07) is -2.86. The van der Waals surface area contributed by atoms with E-state index < -0.39 is 41.8 Å². The van der Waals surface area contributed by atoms with Gasteiger partial charge in [-0.3, -0.25) is 19.2 Å². The van der Waals surface area contributed by atoms with E-state index in [1.165, 1.54) is 6.92 Å². The van der Waals surface area contributed by atoms with Crippen LogP contribution in [-0.2, 0) is 19.2 Å². The second kappa shape index (κ2) is 12.2. The molecule has 10 nitrogen and oxygen atoms in total. The number of carbonyl (C=O) groups is 4. The van der Waals surface area contributed by atoms with Crippen molar-refractivity contribution < 1.29 is 24.3 Å². The van der Waals surface area contributed by atoms with Gasteiger partial charge in [0.25, 0.3) is 0 Å². The maximum atomic E-state index is 12.5. The van der Waals surface area contributed by atoms with Crippen molar-refractivity contribution in [2.24, 2.45) is 17.4 Å². The molecule has 0 aromatic carbocycles. The third-order valence-corrected chi connectivity index (χ3v) is 3.76. The normalized spacial score (nSPS) is 14.2. The van der Waals surface area contributed by atoms with Crippen molar-refractivity contribution in [3.05, 3.63) is 0 Å². The number of unbranched alkanes of at least 4 members (excludes halogenated alkanes) is 1. The Balaban J connectivity index is 5.06. The number of amides is 3. The first-order valence-corrected chi connectivity index (χ1v) is 8.67. The number of nitrogens with one attached hydrogen (secondary N) is 3. The molecule has 0 radical (unpaired) electrons. The average molecular weight is 373 g/mol. The molecule has 0 aromatic rings. The Bertz CT molecular complexity index is 497. The van der Waals surface area contributed by atoms with E-state index >= 15 is 0 Å². The Morgan fingerprint density at radius 1 is 0.923 bits per heavy atom. The summed E-state index contributed by atoms with van der Waals surface area (Å²) in [6.07, 6.45) is 1.66. The number of rotatable bonds is 12. The minimum atomic E-state index is -1.18. The molecule has 0 fully saturated rings. The highest BCUT2D eigenvalue weighted by Crippen LogP contribution is 2.06. The van der Waals surface area contributed by atoms with Crippen LogP contribution in [0.4, 0.5) is 0 Å². The van der Waals surface area contributed by atoms with Gasteiger partial charge in [-0.1, -0.05) is 13.8 Å². The van der Waals surface area contributed by atoms with Gasteiger partial charge in [0, 0.05) is 0 Å². The summed E-state index contributed by atoms with van der Waals surface area (Å²) in [5.74, 6) is -3.07. The van der Waals surface area contributed by atoms with Gasteiger partial charge in [-0.05, 0) is 38.6 Å². The van der Waals surface area contributed by atoms with Gasteiger partial charge in [-0.15, -0.1) is 0 Å². The minimum absolute atomic E-state index is 0.259. The maximum Gasteiger partial charge on any atom is 0.325 e. The van der Waals surface area contributed by atoms with Crippen molar-refractivity contribution in [3.63, 3.8) is 0 Å². The molecule has 0 saturated carbocycles. The van der Waals surface area contributed by atoms with Crippen LogP contribution in [0, 0.1) is 5.92 Å². The predicted octanol–water partition coefficient (Wildman–Crippen LogP) is -1.71. The summed E-state index contributed by atoms with van der Waals surface area (Å²) in [5.41, 5.74) is 10.7. The number of hydrogen-bond acceptors (Lipinski definition) is 6. The SMILES string of the molecule is CC(NC(=O)C(NC(=O)C(CCCCN)NC(=O)CN)C(C)C)C(=O)O. The molecule has 0 aliphatic heterocycles. The number of carbonyl (C=O) groups excluding carboxylic acids is 3. The second-order valence-electron chi connectivity index (χ2n) is 6.41. The van der Waals surface area contributed by atoms with Crippen LogP contribution >= 0.6 is 0 Å². The van der Waals surface area contributed by atoms with E-state index in [9.17, 15) is 19.2 Å². The molecule has 26 heavy (non-hydrogen) atoms. The van der Waals surface area contributed by atoms with Gasteiger partial charge >= 0.3 is 5.97 Å². The molecule has 0 aliphatic carbocycles. The zero-order valence-electron chi connectivity index (χ0n) is 15.6. The molecule has 0 aromatic heterocycles. The Kier molecular flexibility index (Phi) is 11.2. The highest BCUT2D eigenvalue weighted by molar-refractivity contribution is 5.93. The van der Waals surface area contributed by atoms with Gasteiger partial charge in [0.1, 0.15) is 18.1 Å². The fraction of sp³-hybridized carbons (Fsp3) is 0.750. The Morgan fingerprint density at radius 2 is 1.54 bits per heavy atom. The molecular weight excluding hydrogens is 342 g/mol. The van der Waals surface area contributed by atoms with Gasteiger partial charge in [-0.25, -0.2) is 0 Å². The quantitative estimate of drug-likeness (QED) is 0.221. The van der Waals surface area contributed by atoms with Gasteiger partial charge in [-0.2, -0.15) is 0 Å². The van der Waals surface area contributed by atoms with Crippen molar-refractivity contribution in [1.82, 2.24) is 16.0 Å². The lowest BCUT2D eigenvalue weighted by Gasteiger charge is -2.26. The fourth-order valence-corrected chi connectivity index (χ4v) is 2.17. The van der Waals surface area contributed by atoms with Gasteiger partial charge in [0.15, 0.2) is 0 Å². The van der Waals surface area contributed by atoms with E-state index in [4.69, 9.17) is 16.6 Å². The van der Waals surface area contributed by atoms with E-state index in [0.717, 1.165) is 0 Å². The number of aliphatic carboxylic acids is 1. The van der Waals surface area contributed by atoms with Gasteiger partial charge < -0.3 is 32.5 Å². The zero-order chi connectivity index (χ0) is 20.3. The maximum absolute atomic E-state index is 12.5. The van der Waals surface area contributed by atoms with Crippen LogP contribution in [0.1, 0.15) is 40.0 Å². The third kappa shape index (κ3) is 8.77. The lowest BCUT2D eigenvalue weighted by molar-refractivity contribution is -0.142. The highest BCUT2D eigenvalue weighted by atomic mass is 16.4. The number of hydrogen-bond donors (Lipinski definition) is 6. The second-order valence-corrected chi connectivity index (χ2v) is 6.41. The topological polar surface area (TPSA) is 177 Å². The molecule has 0 heterocycles. The molecule has 3 atom stereocenters. The monoisotopic (exact) mass is 373 g/mol. The molecule has 8 N–H and O–H groups in total. The largest absolute Gasteiger partial charge is 0.480 e. The van der Waals surface area contributed by atoms with Crippen molar-refractivity contribution in [3.8, 4) is 0 Å². The molecule has 0 saturated heterocycles. The first-order chi connectivity index (χ1) is 12.1. The van der Waals surface area contributed by atoms with Crippen LogP contribution in [0.2, 0.25) is 0 Å². The first-order valence-electron chi connectivity index (χ1n) is 8.67. The van der Waals surface area contributed by atoms with Crippen LogP contribution in [-0.4, -0.2) is 60.0 Å². The summed E-state index contributed by atoms with van der Waals surface area (Å²) in [4.78, 5) is 47.3. The molecule has 0 spiro atoms. The fourth-order valence-electron chi connectivity index (χ4n) is 2.17. The smallest absolute Gasteiger partial charge is 0.325 e. The van der Waals surface area contributed by atoms with Crippen LogP contribution in [0.5, 0.6) is 0 Å².